The summed E-state index contributed by atoms with van der Waals surface area (Å²) in [6, 6.07) is 7.66. The van der Waals surface area contributed by atoms with Crippen LogP contribution in [0.4, 0.5) is 0 Å². The quantitative estimate of drug-likeness (QED) is 0.196. The topological polar surface area (TPSA) is 127 Å². The third-order valence-electron chi connectivity index (χ3n) is 6.18. The van der Waals surface area contributed by atoms with Gasteiger partial charge in [0.15, 0.2) is 0 Å². The Balaban J connectivity index is 0. The van der Waals surface area contributed by atoms with Crippen LogP contribution in [0.1, 0.15) is 87.8 Å². The molecule has 0 radical (unpaired) electrons. The minimum absolute atomic E-state index is 0.0128. The van der Waals surface area contributed by atoms with Gasteiger partial charge in [0.05, 0.1) is 0 Å². The van der Waals surface area contributed by atoms with Gasteiger partial charge in [0, 0.05) is 12.8 Å². The number of ether oxygens (including phenoxy) is 2. The second kappa shape index (κ2) is 19.2. The van der Waals surface area contributed by atoms with Crippen LogP contribution in [0.25, 0.3) is 0 Å². The summed E-state index contributed by atoms with van der Waals surface area (Å²) in [5.41, 5.74) is 4.82. The van der Waals surface area contributed by atoms with Gasteiger partial charge in [0.25, 0.3) is 0 Å². The highest BCUT2D eigenvalue weighted by molar-refractivity contribution is 5.70. The second-order valence-electron chi connectivity index (χ2n) is 11.6. The van der Waals surface area contributed by atoms with Crippen molar-refractivity contribution in [1.82, 2.24) is 0 Å². The summed E-state index contributed by atoms with van der Waals surface area (Å²) in [7, 11) is 0. The highest BCUT2D eigenvalue weighted by atomic mass is 16.6. The lowest BCUT2D eigenvalue weighted by molar-refractivity contribution is -0.152. The molecule has 42 heavy (non-hydrogen) atoms. The Labute approximate surface area is 251 Å². The van der Waals surface area contributed by atoms with Crippen LogP contribution in [0.3, 0.4) is 0 Å². The van der Waals surface area contributed by atoms with Gasteiger partial charge >= 0.3 is 11.9 Å². The normalized spacial score (nSPS) is 10.5. The maximum absolute atomic E-state index is 12.1. The number of phenols is 2. The van der Waals surface area contributed by atoms with Gasteiger partial charge in [-0.05, 0) is 70.9 Å². The predicted molar refractivity (Wildman–Crippen MR) is 167 cm³/mol. The highest BCUT2D eigenvalue weighted by Crippen LogP contribution is 2.35. The Morgan fingerprint density at radius 3 is 1.19 bits per heavy atom. The first-order chi connectivity index (χ1) is 19.6. The smallest absolute Gasteiger partial charge is 0.306 e. The molecule has 0 fully saturated rings. The SMILES string of the molecule is C=C.C=O.C=O.Cc1cc(CCC(=O)OCCOC(=O)CCc2cc(C)c(O)c(C(C)(C)C)c2)cc(C(C)(C)C)c1O. The number of rotatable bonds is 9. The van der Waals surface area contributed by atoms with Crippen LogP contribution >= 0.6 is 0 Å². The first kappa shape index (κ1) is 40.2. The van der Waals surface area contributed by atoms with Crippen LogP contribution in [0.2, 0.25) is 0 Å². The van der Waals surface area contributed by atoms with Crippen LogP contribution in [0.15, 0.2) is 37.4 Å². The fraction of sp³-hybridized carbons (Fsp3) is 0.471. The van der Waals surface area contributed by atoms with Crippen molar-refractivity contribution >= 4 is 25.5 Å². The van der Waals surface area contributed by atoms with E-state index in [1.54, 1.807) is 0 Å². The molecule has 8 nitrogen and oxygen atoms in total. The summed E-state index contributed by atoms with van der Waals surface area (Å²) in [6.45, 7) is 26.0. The zero-order chi connectivity index (χ0) is 33.3. The van der Waals surface area contributed by atoms with Crippen LogP contribution in [0, 0.1) is 13.8 Å². The number of phenolic OH excluding ortho intramolecular Hbond substituents is 2. The van der Waals surface area contributed by atoms with E-state index in [-0.39, 0.29) is 48.8 Å². The summed E-state index contributed by atoms with van der Waals surface area (Å²) in [4.78, 5) is 40.3. The third kappa shape index (κ3) is 13.6. The number of esters is 2. The zero-order valence-corrected chi connectivity index (χ0v) is 26.7. The summed E-state index contributed by atoms with van der Waals surface area (Å²) in [5.74, 6) is -0.122. The van der Waals surface area contributed by atoms with Crippen molar-refractivity contribution in [2.24, 2.45) is 0 Å². The zero-order valence-electron chi connectivity index (χ0n) is 26.7. The molecule has 0 heterocycles. The Hall–Kier alpha value is -3.94. The molecule has 0 saturated heterocycles. The van der Waals surface area contributed by atoms with Crippen LogP contribution in [0.5, 0.6) is 11.5 Å². The number of hydrogen-bond acceptors (Lipinski definition) is 8. The van der Waals surface area contributed by atoms with E-state index >= 15 is 0 Å². The van der Waals surface area contributed by atoms with Gasteiger partial charge in [-0.15, -0.1) is 13.2 Å². The molecule has 2 rings (SSSR count). The highest BCUT2D eigenvalue weighted by Gasteiger charge is 2.21. The molecule has 0 unspecified atom stereocenters. The van der Waals surface area contributed by atoms with Crippen molar-refractivity contribution < 1.29 is 38.9 Å². The number of carbonyl (C=O) groups excluding carboxylic acids is 4. The number of aryl methyl sites for hydroxylation is 4. The van der Waals surface area contributed by atoms with Gasteiger partial charge in [-0.25, -0.2) is 0 Å². The molecular weight excluding hydrogens is 536 g/mol. The maximum Gasteiger partial charge on any atom is 0.306 e. The molecule has 0 spiro atoms. The predicted octanol–water partition coefficient (Wildman–Crippen LogP) is 6.39. The largest absolute Gasteiger partial charge is 0.507 e. The second-order valence-corrected chi connectivity index (χ2v) is 11.6. The van der Waals surface area contributed by atoms with Gasteiger partial charge < -0.3 is 29.3 Å². The van der Waals surface area contributed by atoms with Gasteiger partial charge in [-0.2, -0.15) is 0 Å². The van der Waals surface area contributed by atoms with E-state index in [1.165, 1.54) is 0 Å². The molecule has 0 aliphatic carbocycles. The maximum atomic E-state index is 12.1. The van der Waals surface area contributed by atoms with Gasteiger partial charge in [0.1, 0.15) is 38.3 Å². The molecule has 0 saturated carbocycles. The Morgan fingerprint density at radius 2 is 0.929 bits per heavy atom. The fourth-order valence-electron chi connectivity index (χ4n) is 4.09. The summed E-state index contributed by atoms with van der Waals surface area (Å²) in [5, 5.41) is 20.7. The monoisotopic (exact) mass is 586 g/mol. The van der Waals surface area contributed by atoms with E-state index in [0.717, 1.165) is 33.4 Å². The number of hydrogen-bond donors (Lipinski definition) is 2. The molecule has 8 heteroatoms. The molecule has 2 aromatic rings. The summed E-state index contributed by atoms with van der Waals surface area (Å²) in [6.07, 6.45) is 1.42. The van der Waals surface area contributed by atoms with Crippen LogP contribution < -0.4 is 0 Å². The number of carbonyl (C=O) groups is 4. The van der Waals surface area contributed by atoms with E-state index in [4.69, 9.17) is 19.1 Å². The molecule has 234 valence electrons. The minimum atomic E-state index is -0.358. The van der Waals surface area contributed by atoms with Crippen molar-refractivity contribution in [1.29, 1.82) is 0 Å². The molecule has 0 bridgehead atoms. The van der Waals surface area contributed by atoms with E-state index in [2.05, 4.69) is 13.2 Å². The molecule has 0 aliphatic rings. The van der Waals surface area contributed by atoms with Gasteiger partial charge in [-0.1, -0.05) is 65.8 Å². The van der Waals surface area contributed by atoms with E-state index < -0.39 is 0 Å². The lowest BCUT2D eigenvalue weighted by Crippen LogP contribution is -2.15. The van der Waals surface area contributed by atoms with E-state index in [0.29, 0.717) is 24.3 Å². The first-order valence-electron chi connectivity index (χ1n) is 13.6. The van der Waals surface area contributed by atoms with E-state index in [9.17, 15) is 19.8 Å². The molecule has 0 atom stereocenters. The number of benzene rings is 2. The third-order valence-corrected chi connectivity index (χ3v) is 6.18. The molecule has 2 N–H and O–H groups in total. The summed E-state index contributed by atoms with van der Waals surface area (Å²) < 4.78 is 10.4. The minimum Gasteiger partial charge on any atom is -0.507 e. The van der Waals surface area contributed by atoms with E-state index in [1.807, 2.05) is 93.2 Å². The van der Waals surface area contributed by atoms with Crippen molar-refractivity contribution in [2.45, 2.75) is 91.9 Å². The van der Waals surface area contributed by atoms with Crippen molar-refractivity contribution in [2.75, 3.05) is 13.2 Å². The molecule has 2 aromatic carbocycles. The average Bonchev–Trinajstić information content (AvgIpc) is 2.94. The van der Waals surface area contributed by atoms with Crippen LogP contribution in [-0.4, -0.2) is 48.9 Å². The molecule has 0 aromatic heterocycles. The Kier molecular flexibility index (Phi) is 18.4. The standard InChI is InChI=1S/C30H42O6.C2H4.2CH2O/c1-19-15-21(17-23(27(19)33)29(3,4)5)9-11-25(31)35-13-14-36-26(32)12-10-22-16-20(2)28(34)24(18-22)30(6,7)8;3*1-2/h15-18,33-34H,9-14H2,1-8H3;1-2H2;2*1H2. The lowest BCUT2D eigenvalue weighted by atomic mass is 9.83. The van der Waals surface area contributed by atoms with Crippen LogP contribution in [-0.2, 0) is 52.3 Å². The lowest BCUT2D eigenvalue weighted by Gasteiger charge is -2.22. The van der Waals surface area contributed by atoms with Crippen molar-refractivity contribution in [3.63, 3.8) is 0 Å². The Morgan fingerprint density at radius 1 is 0.643 bits per heavy atom. The average molecular weight is 587 g/mol. The van der Waals surface area contributed by atoms with Gasteiger partial charge in [-0.3, -0.25) is 9.59 Å². The first-order valence-corrected chi connectivity index (χ1v) is 13.6. The van der Waals surface area contributed by atoms with Crippen molar-refractivity contribution in [3.8, 4) is 11.5 Å². The van der Waals surface area contributed by atoms with Crippen molar-refractivity contribution in [3.05, 3.63) is 70.8 Å². The molecule has 0 aliphatic heterocycles. The summed E-state index contributed by atoms with van der Waals surface area (Å²) >= 11 is 0. The number of aromatic hydroxyl groups is 2. The Bertz CT molecular complexity index is 1050. The van der Waals surface area contributed by atoms with Gasteiger partial charge in [0.2, 0.25) is 0 Å². The molecular formula is C34H50O8. The molecule has 0 amide bonds. The fourth-order valence-corrected chi connectivity index (χ4v) is 4.09.